The minimum Gasteiger partial charge on any atom is -0.477 e. The van der Waals surface area contributed by atoms with Gasteiger partial charge in [0.05, 0.1) is 20.6 Å². The van der Waals surface area contributed by atoms with E-state index in [0.29, 0.717) is 4.48 Å². The quantitative estimate of drug-likeness (QED) is 0.312. The number of rotatable bonds is 15. The van der Waals surface area contributed by atoms with Crippen molar-refractivity contribution >= 4 is 5.97 Å². The second-order valence-corrected chi connectivity index (χ2v) is 8.16. The van der Waals surface area contributed by atoms with Gasteiger partial charge in [-0.1, -0.05) is 71.1 Å². The Hall–Kier alpha value is -0.570. The fraction of sp³-hybridized carbons (Fsp3) is 0.950. The van der Waals surface area contributed by atoms with Gasteiger partial charge in [-0.15, -0.1) is 0 Å². The summed E-state index contributed by atoms with van der Waals surface area (Å²) in [5.41, 5.74) is -0.711. The molecule has 0 amide bonds. The van der Waals surface area contributed by atoms with Crippen LogP contribution in [0.4, 0.5) is 0 Å². The summed E-state index contributed by atoms with van der Waals surface area (Å²) in [5, 5.41) is 9.35. The van der Waals surface area contributed by atoms with Gasteiger partial charge in [0.1, 0.15) is 0 Å². The highest BCUT2D eigenvalue weighted by Crippen LogP contribution is 2.22. The number of nitrogens with zero attached hydrogens (tertiary/aromatic N) is 1. The minimum atomic E-state index is -0.711. The van der Waals surface area contributed by atoms with Gasteiger partial charge in [-0.3, -0.25) is 0 Å². The van der Waals surface area contributed by atoms with Crippen LogP contribution in [0, 0.1) is 0 Å². The van der Waals surface area contributed by atoms with Crippen LogP contribution < -0.4 is 0 Å². The van der Waals surface area contributed by atoms with E-state index in [1.807, 2.05) is 27.9 Å². The Balaban J connectivity index is 3.54. The highest BCUT2D eigenvalue weighted by atomic mass is 16.4. The Morgan fingerprint density at radius 2 is 1.13 bits per heavy atom. The first kappa shape index (κ1) is 22.4. The van der Waals surface area contributed by atoms with Crippen LogP contribution in [-0.2, 0) is 4.79 Å². The van der Waals surface area contributed by atoms with Crippen LogP contribution in [-0.4, -0.2) is 41.7 Å². The first-order chi connectivity index (χ1) is 10.8. The fourth-order valence-corrected chi connectivity index (χ4v) is 2.89. The molecule has 0 fully saturated rings. The van der Waals surface area contributed by atoms with E-state index < -0.39 is 11.5 Å². The van der Waals surface area contributed by atoms with Crippen LogP contribution in [0.15, 0.2) is 0 Å². The molecular formula is C20H42NO2+. The lowest BCUT2D eigenvalue weighted by Crippen LogP contribution is -2.60. The third kappa shape index (κ3) is 9.34. The highest BCUT2D eigenvalue weighted by molar-refractivity contribution is 5.76. The van der Waals surface area contributed by atoms with Gasteiger partial charge in [0.2, 0.25) is 0 Å². The molecule has 0 spiro atoms. The van der Waals surface area contributed by atoms with Gasteiger partial charge in [0.15, 0.2) is 5.54 Å². The Bertz CT molecular complexity index is 311. The van der Waals surface area contributed by atoms with Crippen LogP contribution in [0.2, 0.25) is 0 Å². The van der Waals surface area contributed by atoms with E-state index in [1.54, 1.807) is 0 Å². The van der Waals surface area contributed by atoms with Crippen molar-refractivity contribution in [2.75, 3.05) is 20.6 Å². The summed E-state index contributed by atoms with van der Waals surface area (Å²) >= 11 is 0. The van der Waals surface area contributed by atoms with Crippen LogP contribution in [0.5, 0.6) is 0 Å². The van der Waals surface area contributed by atoms with Crippen LogP contribution in [0.1, 0.15) is 97.8 Å². The van der Waals surface area contributed by atoms with Crippen LogP contribution >= 0.6 is 0 Å². The molecule has 0 aromatic rings. The summed E-state index contributed by atoms with van der Waals surface area (Å²) in [6.07, 6.45) is 16.1. The summed E-state index contributed by atoms with van der Waals surface area (Å²) in [7, 11) is 4.07. The molecule has 0 unspecified atom stereocenters. The fourth-order valence-electron chi connectivity index (χ4n) is 2.89. The molecule has 0 atom stereocenters. The lowest BCUT2D eigenvalue weighted by molar-refractivity contribution is -0.928. The van der Waals surface area contributed by atoms with E-state index in [9.17, 15) is 9.90 Å². The van der Waals surface area contributed by atoms with E-state index in [4.69, 9.17) is 0 Å². The van der Waals surface area contributed by atoms with Crippen molar-refractivity contribution in [1.82, 2.24) is 0 Å². The van der Waals surface area contributed by atoms with Crippen molar-refractivity contribution in [1.29, 1.82) is 0 Å². The van der Waals surface area contributed by atoms with Gasteiger partial charge in [-0.05, 0) is 12.8 Å². The molecule has 0 aliphatic carbocycles. The van der Waals surface area contributed by atoms with E-state index in [1.165, 1.54) is 70.6 Å². The molecule has 3 heteroatoms. The number of likely N-dealkylation sites (N-methyl/N-ethyl adjacent to an activating group) is 1. The molecule has 0 heterocycles. The maximum atomic E-state index is 11.4. The van der Waals surface area contributed by atoms with Gasteiger partial charge >= 0.3 is 5.97 Å². The maximum Gasteiger partial charge on any atom is 0.365 e. The average Bonchev–Trinajstić information content (AvgIpc) is 2.48. The zero-order valence-corrected chi connectivity index (χ0v) is 16.5. The molecular weight excluding hydrogens is 286 g/mol. The van der Waals surface area contributed by atoms with Crippen molar-refractivity contribution < 1.29 is 14.4 Å². The molecule has 1 N–H and O–H groups in total. The molecule has 0 bridgehead atoms. The first-order valence-corrected chi connectivity index (χ1v) is 9.82. The number of quaternary nitrogens is 1. The molecule has 3 nitrogen and oxygen atoms in total. The number of carboxylic acid groups (broad SMARTS) is 1. The Labute approximate surface area is 145 Å². The predicted octanol–water partition coefficient (Wildman–Crippen LogP) is 5.63. The Kier molecular flexibility index (Phi) is 11.6. The number of unbranched alkanes of at least 4 members (excludes halogenated alkanes) is 11. The normalized spacial score (nSPS) is 12.6. The Morgan fingerprint density at radius 1 is 0.783 bits per heavy atom. The smallest absolute Gasteiger partial charge is 0.365 e. The Morgan fingerprint density at radius 3 is 1.48 bits per heavy atom. The average molecular weight is 329 g/mol. The van der Waals surface area contributed by atoms with Crippen molar-refractivity contribution in [2.45, 2.75) is 103 Å². The molecule has 0 aromatic heterocycles. The van der Waals surface area contributed by atoms with Gasteiger partial charge in [-0.25, -0.2) is 4.79 Å². The standard InChI is InChI=1S/C20H41NO2/c1-6-7-8-9-10-11-12-13-14-15-16-17-18-21(4,5)20(2,3)19(22)23/h6-18H2,1-5H3/p+1. The molecule has 23 heavy (non-hydrogen) atoms. The SMILES string of the molecule is CCCCCCCCCCCCCC[N+](C)(C)C(C)(C)C(=O)O. The molecule has 0 saturated carbocycles. The largest absolute Gasteiger partial charge is 0.477 e. The molecule has 138 valence electrons. The summed E-state index contributed by atoms with van der Waals surface area (Å²) in [6.45, 7) is 6.87. The summed E-state index contributed by atoms with van der Waals surface area (Å²) < 4.78 is 0.556. The lowest BCUT2D eigenvalue weighted by Gasteiger charge is -2.41. The molecule has 0 saturated heterocycles. The molecule has 0 rings (SSSR count). The number of carboxylic acids is 1. The van der Waals surface area contributed by atoms with Gasteiger partial charge in [0.25, 0.3) is 0 Å². The lowest BCUT2D eigenvalue weighted by atomic mass is 9.99. The number of carbonyl (C=O) groups is 1. The van der Waals surface area contributed by atoms with Crippen molar-refractivity contribution in [2.24, 2.45) is 0 Å². The summed E-state index contributed by atoms with van der Waals surface area (Å²) in [5.74, 6) is -0.707. The second kappa shape index (κ2) is 11.9. The molecule has 0 aromatic carbocycles. The number of aliphatic carboxylic acids is 1. The number of hydrogen-bond donors (Lipinski definition) is 1. The topological polar surface area (TPSA) is 37.3 Å². The molecule has 0 radical (unpaired) electrons. The van der Waals surface area contributed by atoms with E-state index in [2.05, 4.69) is 6.92 Å². The molecule has 0 aliphatic heterocycles. The van der Waals surface area contributed by atoms with Crippen LogP contribution in [0.25, 0.3) is 0 Å². The van der Waals surface area contributed by atoms with Gasteiger partial charge < -0.3 is 9.59 Å². The zero-order valence-electron chi connectivity index (χ0n) is 16.5. The zero-order chi connectivity index (χ0) is 17.8. The summed E-state index contributed by atoms with van der Waals surface area (Å²) in [6, 6.07) is 0. The molecule has 0 aliphatic rings. The van der Waals surface area contributed by atoms with Crippen molar-refractivity contribution in [3.8, 4) is 0 Å². The first-order valence-electron chi connectivity index (χ1n) is 9.82. The van der Waals surface area contributed by atoms with Gasteiger partial charge in [0, 0.05) is 13.8 Å². The van der Waals surface area contributed by atoms with Crippen molar-refractivity contribution in [3.63, 3.8) is 0 Å². The third-order valence-electron chi connectivity index (χ3n) is 5.61. The van der Waals surface area contributed by atoms with Crippen LogP contribution in [0.3, 0.4) is 0 Å². The maximum absolute atomic E-state index is 11.4. The minimum absolute atomic E-state index is 0.556. The summed E-state index contributed by atoms with van der Waals surface area (Å²) in [4.78, 5) is 11.4. The highest BCUT2D eigenvalue weighted by Gasteiger charge is 2.43. The van der Waals surface area contributed by atoms with E-state index in [0.717, 1.165) is 13.0 Å². The van der Waals surface area contributed by atoms with E-state index in [-0.39, 0.29) is 0 Å². The van der Waals surface area contributed by atoms with E-state index >= 15 is 0 Å². The number of hydrogen-bond acceptors (Lipinski definition) is 1. The predicted molar refractivity (Wildman–Crippen MR) is 99.8 cm³/mol. The second-order valence-electron chi connectivity index (χ2n) is 8.16. The monoisotopic (exact) mass is 328 g/mol. The van der Waals surface area contributed by atoms with Crippen molar-refractivity contribution in [3.05, 3.63) is 0 Å². The third-order valence-corrected chi connectivity index (χ3v) is 5.61. The van der Waals surface area contributed by atoms with Gasteiger partial charge in [-0.2, -0.15) is 0 Å².